The molecular formula is C50H30N6S2. The summed E-state index contributed by atoms with van der Waals surface area (Å²) in [5.74, 6) is 2.46. The van der Waals surface area contributed by atoms with Gasteiger partial charge < -0.3 is 0 Å². The van der Waals surface area contributed by atoms with Crippen molar-refractivity contribution < 1.29 is 0 Å². The van der Waals surface area contributed by atoms with Crippen molar-refractivity contribution in [3.05, 3.63) is 188 Å². The van der Waals surface area contributed by atoms with Gasteiger partial charge in [-0.15, -0.1) is 11.3 Å². The Balaban J connectivity index is 1.02. The van der Waals surface area contributed by atoms with Crippen molar-refractivity contribution in [1.82, 2.24) is 24.9 Å². The molecule has 0 saturated carbocycles. The van der Waals surface area contributed by atoms with Crippen LogP contribution in [0, 0.1) is 11.3 Å². The lowest BCUT2D eigenvalue weighted by Gasteiger charge is -2.11. The largest absolute Gasteiger partial charge is 0.235 e. The second-order valence-electron chi connectivity index (χ2n) is 13.6. The van der Waals surface area contributed by atoms with E-state index in [9.17, 15) is 5.26 Å². The molecule has 3 aromatic heterocycles. The van der Waals surface area contributed by atoms with Crippen molar-refractivity contribution in [3.8, 4) is 74.0 Å². The molecule has 8 heteroatoms. The van der Waals surface area contributed by atoms with Gasteiger partial charge in [-0.05, 0) is 53.6 Å². The Morgan fingerprint density at radius 3 is 1.74 bits per heavy atom. The molecule has 10 rings (SSSR count). The summed E-state index contributed by atoms with van der Waals surface area (Å²) in [4.78, 5) is 27.2. The topological polar surface area (TPSA) is 88.2 Å². The maximum Gasteiger partial charge on any atom is 0.164 e. The van der Waals surface area contributed by atoms with Crippen LogP contribution < -0.4 is 0 Å². The van der Waals surface area contributed by atoms with Gasteiger partial charge in [0.15, 0.2) is 23.3 Å². The van der Waals surface area contributed by atoms with Crippen LogP contribution >= 0.6 is 23.1 Å². The minimum Gasteiger partial charge on any atom is -0.235 e. The fraction of sp³-hybridized carbons (Fsp3) is 0. The molecule has 0 bridgehead atoms. The van der Waals surface area contributed by atoms with Gasteiger partial charge >= 0.3 is 0 Å². The van der Waals surface area contributed by atoms with Crippen molar-refractivity contribution in [3.63, 3.8) is 0 Å². The molecule has 0 aliphatic heterocycles. The number of hydrogen-bond acceptors (Lipinski definition) is 8. The van der Waals surface area contributed by atoms with Gasteiger partial charge in [0.25, 0.3) is 0 Å². The predicted octanol–water partition coefficient (Wildman–Crippen LogP) is 13.1. The summed E-state index contributed by atoms with van der Waals surface area (Å²) in [6.45, 7) is 0. The number of nitrogens with zero attached hydrogens (tertiary/aromatic N) is 6. The maximum absolute atomic E-state index is 9.67. The van der Waals surface area contributed by atoms with E-state index in [2.05, 4.69) is 66.7 Å². The molecule has 0 aliphatic carbocycles. The highest BCUT2D eigenvalue weighted by Gasteiger charge is 2.17. The quantitative estimate of drug-likeness (QED) is 0.152. The summed E-state index contributed by atoms with van der Waals surface area (Å²) in [6, 6.07) is 61.5. The Kier molecular flexibility index (Phi) is 9.28. The highest BCUT2D eigenvalue weighted by Crippen LogP contribution is 2.40. The smallest absolute Gasteiger partial charge is 0.164 e. The first-order chi connectivity index (χ1) is 28.7. The molecule has 58 heavy (non-hydrogen) atoms. The number of benzene rings is 7. The normalized spacial score (nSPS) is 11.2. The molecule has 0 saturated heterocycles. The van der Waals surface area contributed by atoms with Crippen molar-refractivity contribution in [2.75, 3.05) is 0 Å². The Morgan fingerprint density at radius 2 is 1.02 bits per heavy atom. The van der Waals surface area contributed by atoms with E-state index in [0.717, 1.165) is 69.9 Å². The minimum absolute atomic E-state index is 0.577. The summed E-state index contributed by atoms with van der Waals surface area (Å²) in [6.07, 6.45) is 1.94. The lowest BCUT2D eigenvalue weighted by atomic mass is 9.99. The Labute approximate surface area is 343 Å². The standard InChI is InChI=1S/C50H30N6S2/c51-30-38-16-10-11-19-40(38)32-20-22-35(23-21-32)49-54-48(34-14-6-2-7-15-34)55-50(56-49)37-24-26-41-42-28-36(25-27-43(42)58-44(41)29-37)47-52-31-45(57-39-17-8-3-9-18-39)46(53-47)33-12-4-1-5-13-33/h1-29,31H. The van der Waals surface area contributed by atoms with Crippen LogP contribution in [0.5, 0.6) is 0 Å². The first-order valence-electron chi connectivity index (χ1n) is 18.7. The van der Waals surface area contributed by atoms with Gasteiger partial charge in [0.05, 0.1) is 22.2 Å². The molecule has 0 radical (unpaired) electrons. The maximum atomic E-state index is 9.67. The Hall–Kier alpha value is -7.31. The van der Waals surface area contributed by atoms with Gasteiger partial charge in [0, 0.05) is 59.1 Å². The van der Waals surface area contributed by atoms with E-state index in [-0.39, 0.29) is 0 Å². The summed E-state index contributed by atoms with van der Waals surface area (Å²) < 4.78 is 2.31. The average molecular weight is 779 g/mol. The van der Waals surface area contributed by atoms with Crippen LogP contribution in [-0.4, -0.2) is 24.9 Å². The Morgan fingerprint density at radius 1 is 0.448 bits per heavy atom. The summed E-state index contributed by atoms with van der Waals surface area (Å²) in [5.41, 5.74) is 8.07. The molecule has 0 atom stereocenters. The number of aromatic nitrogens is 5. The van der Waals surface area contributed by atoms with Crippen LogP contribution in [0.4, 0.5) is 0 Å². The number of nitriles is 1. The van der Waals surface area contributed by atoms with Crippen molar-refractivity contribution >= 4 is 43.3 Å². The zero-order valence-electron chi connectivity index (χ0n) is 30.8. The molecule has 0 amide bonds. The van der Waals surface area contributed by atoms with Gasteiger partial charge in [0.2, 0.25) is 0 Å². The molecule has 0 spiro atoms. The van der Waals surface area contributed by atoms with E-state index in [0.29, 0.717) is 28.9 Å². The molecule has 6 nitrogen and oxygen atoms in total. The van der Waals surface area contributed by atoms with Gasteiger partial charge in [-0.2, -0.15) is 5.26 Å². The molecule has 272 valence electrons. The Bertz CT molecular complexity index is 3140. The molecule has 0 fully saturated rings. The number of rotatable bonds is 8. The second kappa shape index (κ2) is 15.3. The molecule has 7 aromatic carbocycles. The van der Waals surface area contributed by atoms with Crippen LogP contribution in [0.1, 0.15) is 5.56 Å². The molecular weight excluding hydrogens is 749 g/mol. The van der Waals surface area contributed by atoms with Crippen LogP contribution in [0.3, 0.4) is 0 Å². The SMILES string of the molecule is N#Cc1ccccc1-c1ccc(-c2nc(-c3ccccc3)nc(-c3ccc4c(c3)sc3ccc(-c5ncc(Sc6ccccc6)c(-c6ccccc6)n5)cc34)n2)cc1. The average Bonchev–Trinajstić information content (AvgIpc) is 3.67. The molecule has 0 aliphatic rings. The monoisotopic (exact) mass is 778 g/mol. The van der Waals surface area contributed by atoms with E-state index >= 15 is 0 Å². The van der Waals surface area contributed by atoms with Crippen LogP contribution in [0.25, 0.3) is 88.1 Å². The van der Waals surface area contributed by atoms with Crippen molar-refractivity contribution in [2.24, 2.45) is 0 Å². The number of hydrogen-bond donors (Lipinski definition) is 0. The highest BCUT2D eigenvalue weighted by atomic mass is 32.2. The highest BCUT2D eigenvalue weighted by molar-refractivity contribution is 7.99. The number of thiophene rings is 1. The van der Waals surface area contributed by atoms with Gasteiger partial charge in [0.1, 0.15) is 0 Å². The summed E-state index contributed by atoms with van der Waals surface area (Å²) in [7, 11) is 0. The van der Waals surface area contributed by atoms with Gasteiger partial charge in [-0.3, -0.25) is 0 Å². The van der Waals surface area contributed by atoms with Crippen molar-refractivity contribution in [2.45, 2.75) is 9.79 Å². The number of fused-ring (bicyclic) bond motifs is 3. The van der Waals surface area contributed by atoms with E-state index < -0.39 is 0 Å². The summed E-state index contributed by atoms with van der Waals surface area (Å²) >= 11 is 3.41. The van der Waals surface area contributed by atoms with Crippen LogP contribution in [0.2, 0.25) is 0 Å². The van der Waals surface area contributed by atoms with E-state index in [1.807, 2.05) is 121 Å². The minimum atomic E-state index is 0.577. The van der Waals surface area contributed by atoms with E-state index in [1.54, 1.807) is 23.1 Å². The predicted molar refractivity (Wildman–Crippen MR) is 236 cm³/mol. The third-order valence-corrected chi connectivity index (χ3v) is 12.1. The van der Waals surface area contributed by atoms with Crippen LogP contribution in [-0.2, 0) is 0 Å². The van der Waals surface area contributed by atoms with E-state index in [4.69, 9.17) is 24.9 Å². The third kappa shape index (κ3) is 6.90. The van der Waals surface area contributed by atoms with E-state index in [1.165, 1.54) is 4.70 Å². The van der Waals surface area contributed by atoms with Gasteiger partial charge in [-0.25, -0.2) is 24.9 Å². The molecule has 3 heterocycles. The summed E-state index contributed by atoms with van der Waals surface area (Å²) in [5, 5.41) is 12.0. The second-order valence-corrected chi connectivity index (χ2v) is 15.8. The zero-order chi connectivity index (χ0) is 38.8. The molecule has 0 unspecified atom stereocenters. The zero-order valence-corrected chi connectivity index (χ0v) is 32.5. The fourth-order valence-electron chi connectivity index (χ4n) is 7.04. The first kappa shape index (κ1) is 35.1. The lowest BCUT2D eigenvalue weighted by molar-refractivity contribution is 1.07. The van der Waals surface area contributed by atoms with Crippen molar-refractivity contribution in [1.29, 1.82) is 5.26 Å². The lowest BCUT2D eigenvalue weighted by Crippen LogP contribution is -2.00. The first-order valence-corrected chi connectivity index (χ1v) is 20.3. The van der Waals surface area contributed by atoms with Crippen LogP contribution in [0.15, 0.2) is 192 Å². The van der Waals surface area contributed by atoms with Gasteiger partial charge in [-0.1, -0.05) is 145 Å². The molecule has 10 aromatic rings. The third-order valence-electron chi connectivity index (χ3n) is 9.93. The molecule has 0 N–H and O–H groups in total. The fourth-order valence-corrected chi connectivity index (χ4v) is 9.08.